The van der Waals surface area contributed by atoms with Gasteiger partial charge in [-0.25, -0.2) is 31.0 Å². The van der Waals surface area contributed by atoms with E-state index in [0.29, 0.717) is 27.4 Å². The monoisotopic (exact) mass is 905 g/mol. The highest BCUT2D eigenvalue weighted by Crippen LogP contribution is 2.68. The molecule has 0 spiro atoms. The smallest absolute Gasteiger partial charge is 0.293 e. The molecule has 1 fully saturated rings. The topological polar surface area (TPSA) is 170 Å². The molecule has 322 valence electrons. The van der Waals surface area contributed by atoms with E-state index in [2.05, 4.69) is 26.3 Å². The van der Waals surface area contributed by atoms with Crippen molar-refractivity contribution in [2.24, 2.45) is 13.0 Å². The Hall–Kier alpha value is -6.72. The van der Waals surface area contributed by atoms with Crippen LogP contribution in [0.4, 0.5) is 32.2 Å². The van der Waals surface area contributed by atoms with Crippen LogP contribution in [0, 0.1) is 28.9 Å². The fourth-order valence-electron chi connectivity index (χ4n) is 8.58. The van der Waals surface area contributed by atoms with E-state index in [4.69, 9.17) is 16.6 Å². The van der Waals surface area contributed by atoms with Crippen molar-refractivity contribution in [3.63, 3.8) is 0 Å². The second kappa shape index (κ2) is 15.0. The number of sulfonamides is 1. The van der Waals surface area contributed by atoms with Crippen molar-refractivity contribution in [3.8, 4) is 22.9 Å². The Labute approximate surface area is 357 Å². The van der Waals surface area contributed by atoms with Gasteiger partial charge in [0.25, 0.3) is 17.9 Å². The Balaban J connectivity index is 1.27. The van der Waals surface area contributed by atoms with Crippen molar-refractivity contribution >= 4 is 55.2 Å². The molecule has 3 atom stereocenters. The molecule has 3 aromatic heterocycles. The summed E-state index contributed by atoms with van der Waals surface area (Å²) in [4.78, 5) is 34.1. The number of nitrogens with zero attached hydrogens (tertiary/aromatic N) is 7. The van der Waals surface area contributed by atoms with Gasteiger partial charge in [-0.05, 0) is 71.5 Å². The Morgan fingerprint density at radius 1 is 1.05 bits per heavy atom. The van der Waals surface area contributed by atoms with Crippen molar-refractivity contribution < 1.29 is 39.6 Å². The van der Waals surface area contributed by atoms with E-state index in [-0.39, 0.29) is 61.7 Å². The van der Waals surface area contributed by atoms with Gasteiger partial charge in [-0.2, -0.15) is 24.2 Å². The van der Waals surface area contributed by atoms with Crippen LogP contribution in [0.2, 0.25) is 5.02 Å². The van der Waals surface area contributed by atoms with Crippen LogP contribution in [0.25, 0.3) is 38.6 Å². The molecule has 7 aromatic rings. The molecular formula is C42H30ClF6N9O4S. The van der Waals surface area contributed by atoms with E-state index >= 15 is 13.6 Å². The number of halogens is 7. The number of aryl methyl sites for hydroxylation is 1. The van der Waals surface area contributed by atoms with Gasteiger partial charge in [0.15, 0.2) is 5.82 Å². The number of amides is 1. The van der Waals surface area contributed by atoms with Crippen molar-refractivity contribution in [3.05, 3.63) is 134 Å². The van der Waals surface area contributed by atoms with Crippen LogP contribution in [0.15, 0.2) is 77.6 Å². The highest BCUT2D eigenvalue weighted by molar-refractivity contribution is 7.92. The number of hydrogen-bond acceptors (Lipinski definition) is 8. The van der Waals surface area contributed by atoms with Gasteiger partial charge in [0.1, 0.15) is 35.4 Å². The van der Waals surface area contributed by atoms with Gasteiger partial charge < -0.3 is 5.32 Å². The fraction of sp³-hybridized carbons (Fsp3) is 0.238. The highest BCUT2D eigenvalue weighted by Gasteiger charge is 2.67. The Kier molecular flexibility index (Phi) is 9.90. The minimum Gasteiger partial charge on any atom is -0.344 e. The lowest BCUT2D eigenvalue weighted by Gasteiger charge is -2.24. The lowest BCUT2D eigenvalue weighted by molar-refractivity contribution is -0.123. The van der Waals surface area contributed by atoms with Crippen LogP contribution in [0.3, 0.4) is 0 Å². The summed E-state index contributed by atoms with van der Waals surface area (Å²) in [5, 5.41) is 20.6. The number of rotatable bonds is 11. The normalized spacial score (nSPS) is 16.8. The molecule has 0 saturated heterocycles. The first-order chi connectivity index (χ1) is 29.8. The summed E-state index contributed by atoms with van der Waals surface area (Å²) in [6.07, 6.45) is -2.83. The third-order valence-electron chi connectivity index (χ3n) is 11.2. The summed E-state index contributed by atoms with van der Waals surface area (Å²) in [7, 11) is -2.48. The molecule has 4 aromatic carbocycles. The average Bonchev–Trinajstić information content (AvgIpc) is 3.75. The van der Waals surface area contributed by atoms with E-state index in [1.54, 1.807) is 30.3 Å². The molecule has 2 unspecified atom stereocenters. The molecule has 2 aliphatic rings. The lowest BCUT2D eigenvalue weighted by Crippen LogP contribution is -2.38. The van der Waals surface area contributed by atoms with Gasteiger partial charge in [-0.15, -0.1) is 0 Å². The SMILES string of the molecule is Cn1nc(NS(C)(=O)=O)c2c(Cl)ccc(-n3c([C@H](Cc4cc(F)cc(F)c4)NC(=O)Cn4nc(C(F)F)c5c4C(F)(F)C4CC54)nc4cc(-c5ccccc5C#N)ccc4c3=O)c21. The molecule has 2 N–H and O–H groups in total. The van der Waals surface area contributed by atoms with E-state index in [0.717, 1.165) is 23.0 Å². The molecule has 3 heterocycles. The molecule has 0 radical (unpaired) electrons. The number of hydrogen-bond donors (Lipinski definition) is 2. The molecular weight excluding hydrogens is 876 g/mol. The van der Waals surface area contributed by atoms with Crippen molar-refractivity contribution in [2.45, 2.75) is 43.7 Å². The van der Waals surface area contributed by atoms with Crippen LogP contribution >= 0.6 is 11.6 Å². The third-order valence-corrected chi connectivity index (χ3v) is 12.0. The summed E-state index contributed by atoms with van der Waals surface area (Å²) in [5.41, 5.74) is -1.43. The van der Waals surface area contributed by atoms with Gasteiger partial charge in [0, 0.05) is 31.0 Å². The highest BCUT2D eigenvalue weighted by atomic mass is 35.5. The third kappa shape index (κ3) is 7.23. The van der Waals surface area contributed by atoms with Crippen molar-refractivity contribution in [1.82, 2.24) is 34.4 Å². The number of aromatic nitrogens is 6. The fourth-order valence-corrected chi connectivity index (χ4v) is 9.32. The first-order valence-corrected chi connectivity index (χ1v) is 21.3. The van der Waals surface area contributed by atoms with E-state index in [1.165, 1.54) is 36.0 Å². The average molecular weight is 906 g/mol. The predicted octanol–water partition coefficient (Wildman–Crippen LogP) is 7.56. The predicted molar refractivity (Wildman–Crippen MR) is 218 cm³/mol. The molecule has 0 aliphatic heterocycles. The second-order valence-electron chi connectivity index (χ2n) is 15.4. The molecule has 13 nitrogen and oxygen atoms in total. The minimum atomic E-state index is -3.93. The zero-order valence-corrected chi connectivity index (χ0v) is 34.2. The molecule has 1 amide bonds. The first-order valence-electron chi connectivity index (χ1n) is 19.1. The Bertz CT molecular complexity index is 3290. The minimum absolute atomic E-state index is 0.00531. The van der Waals surface area contributed by atoms with Crippen LogP contribution < -0.4 is 15.6 Å². The molecule has 0 bridgehead atoms. The van der Waals surface area contributed by atoms with E-state index in [1.807, 2.05) is 0 Å². The van der Waals surface area contributed by atoms with Gasteiger partial charge in [-0.3, -0.25) is 28.2 Å². The van der Waals surface area contributed by atoms with Gasteiger partial charge in [0.05, 0.1) is 56.4 Å². The number of anilines is 1. The van der Waals surface area contributed by atoms with Crippen LogP contribution in [0.1, 0.15) is 58.7 Å². The number of carbonyl (C=O) groups is 1. The van der Waals surface area contributed by atoms with Gasteiger partial charge in [0.2, 0.25) is 15.9 Å². The van der Waals surface area contributed by atoms with E-state index in [9.17, 15) is 36.0 Å². The van der Waals surface area contributed by atoms with E-state index < -0.39 is 87.7 Å². The number of fused-ring (bicyclic) bond motifs is 5. The summed E-state index contributed by atoms with van der Waals surface area (Å²) in [6.45, 7) is -1.00. The number of nitriles is 1. The van der Waals surface area contributed by atoms with Crippen molar-refractivity contribution in [2.75, 3.05) is 11.0 Å². The molecule has 1 saturated carbocycles. The largest absolute Gasteiger partial charge is 0.344 e. The Morgan fingerprint density at radius 2 is 1.78 bits per heavy atom. The van der Waals surface area contributed by atoms with Crippen LogP contribution in [-0.4, -0.2) is 49.7 Å². The molecule has 63 heavy (non-hydrogen) atoms. The summed E-state index contributed by atoms with van der Waals surface area (Å²) in [6, 6.07) is 17.1. The maximum atomic E-state index is 15.5. The first kappa shape index (κ1) is 41.6. The standard InChI is InChI=1S/C42H30ClF6N9O4S/c1-56-36-31(10-9-28(43)34(36)39(54-56)55-63(2,61)62)58-40(52-29-14-20(7-8-25(29)41(58)60)24-6-4-3-5-21(24)17-50)30(13-19-11-22(44)15-23(45)12-19)51-32(59)18-57-37-33(35(53-57)38(46)47)26-16-27(26)42(37,48)49/h3-12,14-15,26-27,30,38H,13,16,18H2,1-2H3,(H,51,59)(H,54,55)/t26?,27?,30-/m0/s1. The molecule has 9 rings (SSSR count). The summed E-state index contributed by atoms with van der Waals surface area (Å²) < 4.78 is 119. The van der Waals surface area contributed by atoms with Crippen LogP contribution in [0.5, 0.6) is 0 Å². The number of nitrogens with one attached hydrogen (secondary N) is 2. The van der Waals surface area contributed by atoms with Crippen LogP contribution in [-0.2, 0) is 40.8 Å². The zero-order chi connectivity index (χ0) is 44.9. The quantitative estimate of drug-likeness (QED) is 0.125. The molecule has 2 aliphatic carbocycles. The number of carbonyl (C=O) groups excluding carboxylic acids is 1. The zero-order valence-electron chi connectivity index (χ0n) is 32.7. The number of benzene rings is 4. The maximum absolute atomic E-state index is 15.5. The van der Waals surface area contributed by atoms with Crippen molar-refractivity contribution in [1.29, 1.82) is 5.26 Å². The summed E-state index contributed by atoms with van der Waals surface area (Å²) >= 11 is 6.63. The molecule has 21 heteroatoms. The Morgan fingerprint density at radius 3 is 2.48 bits per heavy atom. The van der Waals surface area contributed by atoms with Gasteiger partial charge in [-0.1, -0.05) is 35.9 Å². The summed E-state index contributed by atoms with van der Waals surface area (Å²) in [5.74, 6) is -9.16. The second-order valence-corrected chi connectivity index (χ2v) is 17.6. The number of alkyl halides is 4. The maximum Gasteiger partial charge on any atom is 0.293 e. The van der Waals surface area contributed by atoms with Gasteiger partial charge >= 0.3 is 0 Å². The lowest BCUT2D eigenvalue weighted by atomic mass is 9.99.